The van der Waals surface area contributed by atoms with Crippen LogP contribution in [0.5, 0.6) is 5.75 Å². The van der Waals surface area contributed by atoms with Crippen LogP contribution in [0, 0.1) is 5.82 Å². The molecule has 3 rings (SSSR count). The van der Waals surface area contributed by atoms with Gasteiger partial charge < -0.3 is 10.1 Å². The predicted molar refractivity (Wildman–Crippen MR) is 111 cm³/mol. The molecule has 0 aliphatic heterocycles. The Bertz CT molecular complexity index is 1080. The van der Waals surface area contributed by atoms with Gasteiger partial charge in [-0.25, -0.2) is 9.82 Å². The van der Waals surface area contributed by atoms with Crippen LogP contribution in [0.25, 0.3) is 0 Å². The molecule has 0 radical (unpaired) electrons. The van der Waals surface area contributed by atoms with Gasteiger partial charge in [-0.2, -0.15) is 5.10 Å². The first-order valence-electron chi connectivity index (χ1n) is 8.74. The molecule has 1 heterocycles. The number of aromatic nitrogens is 1. The van der Waals surface area contributed by atoms with E-state index in [1.807, 2.05) is 0 Å². The number of para-hydroxylation sites is 1. The monoisotopic (exact) mass is 426 g/mol. The Morgan fingerprint density at radius 2 is 1.93 bits per heavy atom. The Morgan fingerprint density at radius 3 is 2.67 bits per heavy atom. The Labute approximate surface area is 176 Å². The average molecular weight is 427 g/mol. The van der Waals surface area contributed by atoms with E-state index in [1.165, 1.54) is 30.6 Å². The molecule has 3 aromatic rings. The number of carbonyl (C=O) groups excluding carboxylic acids is 2. The van der Waals surface area contributed by atoms with Gasteiger partial charge in [0.2, 0.25) is 0 Å². The molecule has 0 unspecified atom stereocenters. The highest BCUT2D eigenvalue weighted by Gasteiger charge is 2.09. The van der Waals surface area contributed by atoms with Gasteiger partial charge in [-0.05, 0) is 48.0 Å². The number of nitrogens with one attached hydrogen (secondary N) is 2. The van der Waals surface area contributed by atoms with Crippen LogP contribution in [0.15, 0.2) is 72.0 Å². The largest absolute Gasteiger partial charge is 0.482 e. The summed E-state index contributed by atoms with van der Waals surface area (Å²) in [7, 11) is 0. The lowest BCUT2D eigenvalue weighted by molar-refractivity contribution is -0.118. The van der Waals surface area contributed by atoms with E-state index < -0.39 is 17.6 Å². The minimum Gasteiger partial charge on any atom is -0.482 e. The number of amides is 2. The quantitative estimate of drug-likeness (QED) is 0.445. The normalized spacial score (nSPS) is 10.6. The highest BCUT2D eigenvalue weighted by Crippen LogP contribution is 2.25. The van der Waals surface area contributed by atoms with E-state index in [-0.39, 0.29) is 28.8 Å². The molecule has 30 heavy (non-hydrogen) atoms. The zero-order valence-electron chi connectivity index (χ0n) is 15.5. The van der Waals surface area contributed by atoms with Gasteiger partial charge in [0, 0.05) is 6.20 Å². The first kappa shape index (κ1) is 20.9. The smallest absolute Gasteiger partial charge is 0.289 e. The average Bonchev–Trinajstić information content (AvgIpc) is 2.75. The van der Waals surface area contributed by atoms with Crippen LogP contribution in [0.3, 0.4) is 0 Å². The van der Waals surface area contributed by atoms with Crippen LogP contribution >= 0.6 is 11.6 Å². The maximum atomic E-state index is 13.6. The number of carbonyl (C=O) groups is 2. The molecule has 0 atom stereocenters. The molecular weight excluding hydrogens is 411 g/mol. The van der Waals surface area contributed by atoms with Gasteiger partial charge in [0.15, 0.2) is 6.61 Å². The van der Waals surface area contributed by atoms with Gasteiger partial charge in [-0.15, -0.1) is 0 Å². The summed E-state index contributed by atoms with van der Waals surface area (Å²) in [4.78, 5) is 27.7. The standard InChI is InChI=1S/C21H16ClFN4O3/c22-15-11-14(12-25-27-21(29)18-7-3-4-10-24-18)8-9-19(15)30-13-20(28)26-17-6-2-1-5-16(17)23/h1-12H,13H2,(H,26,28)(H,27,29). The second kappa shape index (κ2) is 10.1. The van der Waals surface area contributed by atoms with Gasteiger partial charge >= 0.3 is 0 Å². The molecular formula is C21H16ClFN4O3. The molecule has 0 aliphatic carbocycles. The molecule has 2 N–H and O–H groups in total. The molecule has 0 saturated heterocycles. The number of rotatable bonds is 7. The second-order valence-electron chi connectivity index (χ2n) is 5.92. The Morgan fingerprint density at radius 1 is 1.13 bits per heavy atom. The number of hydrazone groups is 1. The van der Waals surface area contributed by atoms with Gasteiger partial charge in [0.25, 0.3) is 11.8 Å². The number of hydrogen-bond acceptors (Lipinski definition) is 5. The molecule has 0 bridgehead atoms. The van der Waals surface area contributed by atoms with E-state index in [9.17, 15) is 14.0 Å². The maximum Gasteiger partial charge on any atom is 0.289 e. The molecule has 152 valence electrons. The number of ether oxygens (including phenoxy) is 1. The molecule has 2 amide bonds. The summed E-state index contributed by atoms with van der Waals surface area (Å²) in [5, 5.41) is 6.51. The van der Waals surface area contributed by atoms with Crippen molar-refractivity contribution in [1.29, 1.82) is 0 Å². The molecule has 2 aromatic carbocycles. The number of anilines is 1. The van der Waals surface area contributed by atoms with Crippen molar-refractivity contribution < 1.29 is 18.7 Å². The third kappa shape index (κ3) is 5.86. The number of halogens is 2. The Kier molecular flexibility index (Phi) is 7.07. The first-order valence-corrected chi connectivity index (χ1v) is 9.12. The first-order chi connectivity index (χ1) is 14.5. The lowest BCUT2D eigenvalue weighted by Crippen LogP contribution is -2.20. The lowest BCUT2D eigenvalue weighted by Gasteiger charge is -2.09. The van der Waals surface area contributed by atoms with Crippen LogP contribution in [-0.2, 0) is 4.79 Å². The van der Waals surface area contributed by atoms with Crippen molar-refractivity contribution in [3.05, 3.63) is 89.0 Å². The fourth-order valence-corrected chi connectivity index (χ4v) is 2.57. The van der Waals surface area contributed by atoms with Crippen molar-refractivity contribution in [1.82, 2.24) is 10.4 Å². The zero-order chi connectivity index (χ0) is 21.3. The summed E-state index contributed by atoms with van der Waals surface area (Å²) in [5.41, 5.74) is 3.27. The van der Waals surface area contributed by atoms with Crippen molar-refractivity contribution in [2.24, 2.45) is 5.10 Å². The number of pyridine rings is 1. The van der Waals surface area contributed by atoms with E-state index in [2.05, 4.69) is 20.8 Å². The highest BCUT2D eigenvalue weighted by molar-refractivity contribution is 6.32. The van der Waals surface area contributed by atoms with Gasteiger partial charge in [-0.1, -0.05) is 29.8 Å². The van der Waals surface area contributed by atoms with Crippen LogP contribution in [0.2, 0.25) is 5.02 Å². The summed E-state index contributed by atoms with van der Waals surface area (Å²) in [6.45, 7) is -0.346. The summed E-state index contributed by atoms with van der Waals surface area (Å²) < 4.78 is 18.9. The minimum atomic E-state index is -0.539. The molecule has 1 aromatic heterocycles. The SMILES string of the molecule is O=C(COc1ccc(C=NNC(=O)c2ccccn2)cc1Cl)Nc1ccccc1F. The van der Waals surface area contributed by atoms with Crippen molar-refractivity contribution in [2.45, 2.75) is 0 Å². The van der Waals surface area contributed by atoms with Crippen molar-refractivity contribution in [2.75, 3.05) is 11.9 Å². The molecule has 0 aliphatic rings. The van der Waals surface area contributed by atoms with E-state index >= 15 is 0 Å². The van der Waals surface area contributed by atoms with Gasteiger partial charge in [-0.3, -0.25) is 14.6 Å². The van der Waals surface area contributed by atoms with E-state index in [4.69, 9.17) is 16.3 Å². The predicted octanol–water partition coefficient (Wildman–Crippen LogP) is 3.66. The van der Waals surface area contributed by atoms with Gasteiger partial charge in [0.05, 0.1) is 16.9 Å². The van der Waals surface area contributed by atoms with Crippen LogP contribution in [-0.4, -0.2) is 29.6 Å². The van der Waals surface area contributed by atoms with E-state index in [1.54, 1.807) is 42.5 Å². The maximum absolute atomic E-state index is 13.6. The molecule has 9 heteroatoms. The lowest BCUT2D eigenvalue weighted by atomic mass is 10.2. The Hall–Kier alpha value is -3.78. The third-order valence-electron chi connectivity index (χ3n) is 3.74. The highest BCUT2D eigenvalue weighted by atomic mass is 35.5. The van der Waals surface area contributed by atoms with E-state index in [0.717, 1.165) is 0 Å². The Balaban J connectivity index is 1.53. The van der Waals surface area contributed by atoms with Crippen LogP contribution < -0.4 is 15.5 Å². The number of benzene rings is 2. The summed E-state index contributed by atoms with van der Waals surface area (Å²) in [5.74, 6) is -1.24. The fourth-order valence-electron chi connectivity index (χ4n) is 2.33. The summed E-state index contributed by atoms with van der Waals surface area (Å²) in [6, 6.07) is 15.5. The molecule has 0 saturated carbocycles. The molecule has 7 nitrogen and oxygen atoms in total. The van der Waals surface area contributed by atoms with Crippen molar-refractivity contribution in [3.8, 4) is 5.75 Å². The summed E-state index contributed by atoms with van der Waals surface area (Å²) >= 11 is 6.16. The molecule has 0 spiro atoms. The summed E-state index contributed by atoms with van der Waals surface area (Å²) in [6.07, 6.45) is 2.91. The topological polar surface area (TPSA) is 92.7 Å². The zero-order valence-corrected chi connectivity index (χ0v) is 16.3. The third-order valence-corrected chi connectivity index (χ3v) is 4.04. The van der Waals surface area contributed by atoms with Crippen molar-refractivity contribution in [3.63, 3.8) is 0 Å². The second-order valence-corrected chi connectivity index (χ2v) is 6.33. The van der Waals surface area contributed by atoms with Crippen LogP contribution in [0.1, 0.15) is 16.1 Å². The van der Waals surface area contributed by atoms with Crippen molar-refractivity contribution >= 4 is 35.3 Å². The minimum absolute atomic E-state index is 0.0662. The number of nitrogens with zero attached hydrogens (tertiary/aromatic N) is 2. The number of hydrogen-bond donors (Lipinski definition) is 2. The fraction of sp³-hybridized carbons (Fsp3) is 0.0476. The molecule has 0 fully saturated rings. The van der Waals surface area contributed by atoms with Crippen LogP contribution in [0.4, 0.5) is 10.1 Å². The van der Waals surface area contributed by atoms with Gasteiger partial charge in [0.1, 0.15) is 17.3 Å². The van der Waals surface area contributed by atoms with E-state index in [0.29, 0.717) is 5.56 Å².